The predicted octanol–water partition coefficient (Wildman–Crippen LogP) is 6.48. The molecule has 2 aliphatic rings. The number of unbranched alkanes of at least 4 members (excludes halogenated alkanes) is 2. The Bertz CT molecular complexity index is 771. The Labute approximate surface area is 144 Å². The van der Waals surface area contributed by atoms with Crippen molar-refractivity contribution in [2.24, 2.45) is 9.98 Å². The molecule has 0 aromatic heterocycles. The zero-order chi connectivity index (χ0) is 16.5. The predicted molar refractivity (Wildman–Crippen MR) is 105 cm³/mol. The van der Waals surface area contributed by atoms with Crippen molar-refractivity contribution in [3.05, 3.63) is 35.4 Å². The van der Waals surface area contributed by atoms with Crippen molar-refractivity contribution in [3.8, 4) is 0 Å². The van der Waals surface area contributed by atoms with Gasteiger partial charge in [-0.1, -0.05) is 38.8 Å². The molecule has 2 aromatic rings. The minimum Gasteiger partial charge on any atom is -0.257 e. The molecular formula is C22H26N2. The Morgan fingerprint density at radius 1 is 0.708 bits per heavy atom. The van der Waals surface area contributed by atoms with Gasteiger partial charge in [-0.3, -0.25) is 9.98 Å². The third kappa shape index (κ3) is 2.68. The SMILES string of the molecule is CCCCC1=Nc2ccc3c4c(ccc(c24)C1)N=C(CCCC)C3. The van der Waals surface area contributed by atoms with E-state index >= 15 is 0 Å². The van der Waals surface area contributed by atoms with Crippen LogP contribution in [0.2, 0.25) is 0 Å². The quantitative estimate of drug-likeness (QED) is 0.582. The van der Waals surface area contributed by atoms with Gasteiger partial charge in [0.15, 0.2) is 0 Å². The second-order valence-corrected chi connectivity index (χ2v) is 7.15. The minimum atomic E-state index is 1.01. The van der Waals surface area contributed by atoms with Gasteiger partial charge < -0.3 is 0 Å². The second kappa shape index (κ2) is 6.51. The summed E-state index contributed by atoms with van der Waals surface area (Å²) >= 11 is 0. The molecule has 0 atom stereocenters. The van der Waals surface area contributed by atoms with Crippen LogP contribution < -0.4 is 0 Å². The van der Waals surface area contributed by atoms with Gasteiger partial charge in [-0.2, -0.15) is 0 Å². The van der Waals surface area contributed by atoms with Crippen LogP contribution >= 0.6 is 0 Å². The van der Waals surface area contributed by atoms with Gasteiger partial charge in [-0.05, 0) is 48.9 Å². The van der Waals surface area contributed by atoms with Crippen LogP contribution in [0.1, 0.15) is 63.5 Å². The van der Waals surface area contributed by atoms with Gasteiger partial charge in [0.05, 0.1) is 11.4 Å². The average Bonchev–Trinajstić information content (AvgIpc) is 2.62. The van der Waals surface area contributed by atoms with Gasteiger partial charge >= 0.3 is 0 Å². The van der Waals surface area contributed by atoms with E-state index in [0.717, 1.165) is 37.1 Å². The highest BCUT2D eigenvalue weighted by atomic mass is 14.8. The molecule has 0 saturated carbocycles. The lowest BCUT2D eigenvalue weighted by Crippen LogP contribution is -2.11. The third-order valence-electron chi connectivity index (χ3n) is 5.27. The summed E-state index contributed by atoms with van der Waals surface area (Å²) in [6, 6.07) is 9.05. The summed E-state index contributed by atoms with van der Waals surface area (Å²) in [4.78, 5) is 9.96. The van der Waals surface area contributed by atoms with E-state index in [1.165, 1.54) is 59.0 Å². The zero-order valence-corrected chi connectivity index (χ0v) is 14.9. The van der Waals surface area contributed by atoms with E-state index in [1.807, 2.05) is 0 Å². The number of hydrogen-bond acceptors (Lipinski definition) is 2. The molecule has 0 amide bonds. The van der Waals surface area contributed by atoms with Crippen molar-refractivity contribution in [3.63, 3.8) is 0 Å². The maximum Gasteiger partial charge on any atom is 0.0711 e. The van der Waals surface area contributed by atoms with E-state index < -0.39 is 0 Å². The molecule has 0 aliphatic carbocycles. The molecule has 2 heteroatoms. The third-order valence-corrected chi connectivity index (χ3v) is 5.27. The van der Waals surface area contributed by atoms with Crippen molar-refractivity contribution >= 4 is 33.6 Å². The topological polar surface area (TPSA) is 24.7 Å². The van der Waals surface area contributed by atoms with Gasteiger partial charge in [0.25, 0.3) is 0 Å². The molecule has 0 saturated heterocycles. The maximum atomic E-state index is 4.98. The van der Waals surface area contributed by atoms with Crippen molar-refractivity contribution in [1.29, 1.82) is 0 Å². The average molecular weight is 318 g/mol. The molecule has 2 aliphatic heterocycles. The Balaban J connectivity index is 1.79. The zero-order valence-electron chi connectivity index (χ0n) is 14.9. The summed E-state index contributed by atoms with van der Waals surface area (Å²) in [7, 11) is 0. The largest absolute Gasteiger partial charge is 0.257 e. The van der Waals surface area contributed by atoms with Crippen LogP contribution in [-0.4, -0.2) is 11.4 Å². The number of aliphatic imine (C=N–C) groups is 2. The van der Waals surface area contributed by atoms with Gasteiger partial charge in [0.1, 0.15) is 0 Å². The molecule has 0 radical (unpaired) electrons. The summed E-state index contributed by atoms with van der Waals surface area (Å²) in [5.41, 5.74) is 7.90. The molecule has 124 valence electrons. The Hall–Kier alpha value is -1.96. The Kier molecular flexibility index (Phi) is 4.22. The van der Waals surface area contributed by atoms with Crippen LogP contribution in [0.25, 0.3) is 10.8 Å². The molecule has 0 N–H and O–H groups in total. The lowest BCUT2D eigenvalue weighted by atomic mass is 9.88. The molecule has 2 nitrogen and oxygen atoms in total. The first-order chi connectivity index (χ1) is 11.8. The molecule has 0 fully saturated rings. The summed E-state index contributed by atoms with van der Waals surface area (Å²) in [5.74, 6) is 0. The van der Waals surface area contributed by atoms with Gasteiger partial charge in [0.2, 0.25) is 0 Å². The van der Waals surface area contributed by atoms with Crippen LogP contribution in [0.15, 0.2) is 34.3 Å². The summed E-state index contributed by atoms with van der Waals surface area (Å²) < 4.78 is 0. The van der Waals surface area contributed by atoms with E-state index in [4.69, 9.17) is 9.98 Å². The summed E-state index contributed by atoms with van der Waals surface area (Å²) in [6.45, 7) is 4.49. The smallest absolute Gasteiger partial charge is 0.0711 e. The lowest BCUT2D eigenvalue weighted by molar-refractivity contribution is 0.826. The van der Waals surface area contributed by atoms with Gasteiger partial charge in [-0.25, -0.2) is 0 Å². The molecule has 4 rings (SSSR count). The van der Waals surface area contributed by atoms with Crippen LogP contribution in [0.3, 0.4) is 0 Å². The van der Waals surface area contributed by atoms with Crippen molar-refractivity contribution in [2.45, 2.75) is 65.2 Å². The molecule has 24 heavy (non-hydrogen) atoms. The molecule has 0 spiro atoms. The first-order valence-corrected chi connectivity index (χ1v) is 9.50. The molecule has 0 unspecified atom stereocenters. The van der Waals surface area contributed by atoms with Crippen LogP contribution in [0, 0.1) is 0 Å². The fourth-order valence-electron chi connectivity index (χ4n) is 3.99. The number of nitrogens with zero attached hydrogens (tertiary/aromatic N) is 2. The van der Waals surface area contributed by atoms with E-state index in [1.54, 1.807) is 0 Å². The first kappa shape index (κ1) is 15.6. The van der Waals surface area contributed by atoms with E-state index in [9.17, 15) is 0 Å². The Morgan fingerprint density at radius 3 is 1.58 bits per heavy atom. The summed E-state index contributed by atoms with van der Waals surface area (Å²) in [6.07, 6.45) is 9.21. The number of hydrogen-bond donors (Lipinski definition) is 0. The molecule has 2 heterocycles. The Morgan fingerprint density at radius 2 is 1.17 bits per heavy atom. The minimum absolute atomic E-state index is 1.01. The van der Waals surface area contributed by atoms with Crippen LogP contribution in [0.5, 0.6) is 0 Å². The van der Waals surface area contributed by atoms with E-state index in [0.29, 0.717) is 0 Å². The first-order valence-electron chi connectivity index (χ1n) is 9.50. The van der Waals surface area contributed by atoms with Crippen LogP contribution in [0.4, 0.5) is 11.4 Å². The fourth-order valence-corrected chi connectivity index (χ4v) is 3.99. The highest BCUT2D eigenvalue weighted by molar-refractivity contribution is 6.12. The van der Waals surface area contributed by atoms with Gasteiger partial charge in [-0.15, -0.1) is 0 Å². The second-order valence-electron chi connectivity index (χ2n) is 7.15. The summed E-state index contributed by atoms with van der Waals surface area (Å²) in [5, 5.41) is 2.73. The highest BCUT2D eigenvalue weighted by Crippen LogP contribution is 2.43. The normalized spacial score (nSPS) is 15.4. The van der Waals surface area contributed by atoms with Crippen molar-refractivity contribution in [2.75, 3.05) is 0 Å². The van der Waals surface area contributed by atoms with E-state index in [2.05, 4.69) is 38.1 Å². The monoisotopic (exact) mass is 318 g/mol. The number of benzene rings is 2. The number of rotatable bonds is 6. The highest BCUT2D eigenvalue weighted by Gasteiger charge is 2.22. The van der Waals surface area contributed by atoms with Crippen molar-refractivity contribution < 1.29 is 0 Å². The van der Waals surface area contributed by atoms with Crippen LogP contribution in [-0.2, 0) is 12.8 Å². The lowest BCUT2D eigenvalue weighted by Gasteiger charge is -2.23. The molecule has 0 bridgehead atoms. The molecule has 2 aromatic carbocycles. The molecular weight excluding hydrogens is 292 g/mol. The standard InChI is InChI=1S/C22H26N2/c1-3-5-7-17-13-15-9-12-20-22-16(10-11-19(23-17)21(15)22)14-18(24-20)8-6-4-2/h9-12H,3-8,13-14H2,1-2H3. The van der Waals surface area contributed by atoms with Crippen molar-refractivity contribution in [1.82, 2.24) is 0 Å². The van der Waals surface area contributed by atoms with E-state index in [-0.39, 0.29) is 0 Å². The van der Waals surface area contributed by atoms with Gasteiger partial charge in [0, 0.05) is 35.0 Å². The maximum absolute atomic E-state index is 4.98. The fraction of sp³-hybridized carbons (Fsp3) is 0.455.